The normalized spacial score (nSPS) is 29.6. The molecule has 1 aliphatic heterocycles. The lowest BCUT2D eigenvalue weighted by molar-refractivity contribution is 0.860. The molecule has 0 bridgehead atoms. The van der Waals surface area contributed by atoms with Crippen molar-refractivity contribution in [2.24, 2.45) is 0 Å². The van der Waals surface area contributed by atoms with Gasteiger partial charge in [-0.05, 0) is 13.0 Å². The van der Waals surface area contributed by atoms with E-state index in [2.05, 4.69) is 27.9 Å². The van der Waals surface area contributed by atoms with E-state index in [-0.39, 0.29) is 12.4 Å². The summed E-state index contributed by atoms with van der Waals surface area (Å²) in [5.41, 5.74) is 0. The van der Waals surface area contributed by atoms with E-state index in [4.69, 9.17) is 0 Å². The SMILES string of the molecule is Cl.I[C@@H]1CCNC1. The number of hydrogen-bond acceptors (Lipinski definition) is 1. The Morgan fingerprint density at radius 2 is 2.29 bits per heavy atom. The van der Waals surface area contributed by atoms with E-state index in [1.165, 1.54) is 19.5 Å². The average molecular weight is 233 g/mol. The zero-order chi connectivity index (χ0) is 4.41. The monoisotopic (exact) mass is 233 g/mol. The van der Waals surface area contributed by atoms with Crippen molar-refractivity contribution in [2.45, 2.75) is 10.3 Å². The molecule has 0 aromatic carbocycles. The number of halogens is 2. The van der Waals surface area contributed by atoms with E-state index in [9.17, 15) is 0 Å². The van der Waals surface area contributed by atoms with Crippen LogP contribution in [-0.2, 0) is 0 Å². The van der Waals surface area contributed by atoms with E-state index in [0.717, 1.165) is 3.92 Å². The van der Waals surface area contributed by atoms with E-state index in [1.807, 2.05) is 0 Å². The van der Waals surface area contributed by atoms with Crippen LogP contribution in [0.3, 0.4) is 0 Å². The Hall–Kier alpha value is 0.980. The lowest BCUT2D eigenvalue weighted by Crippen LogP contribution is -2.07. The van der Waals surface area contributed by atoms with Crippen molar-refractivity contribution in [2.75, 3.05) is 13.1 Å². The molecule has 1 atom stereocenters. The molecule has 0 radical (unpaired) electrons. The van der Waals surface area contributed by atoms with Gasteiger partial charge in [0.1, 0.15) is 0 Å². The first kappa shape index (κ1) is 7.98. The van der Waals surface area contributed by atoms with Crippen LogP contribution >= 0.6 is 35.0 Å². The standard InChI is InChI=1S/C4H8IN.ClH/c5-4-1-2-6-3-4;/h4,6H,1-3H2;1H/t4-;/m1./s1. The van der Waals surface area contributed by atoms with Gasteiger partial charge in [-0.15, -0.1) is 12.4 Å². The van der Waals surface area contributed by atoms with Gasteiger partial charge in [0.25, 0.3) is 0 Å². The lowest BCUT2D eigenvalue weighted by atomic mass is 10.4. The Labute approximate surface area is 63.8 Å². The van der Waals surface area contributed by atoms with Crippen LogP contribution in [0.4, 0.5) is 0 Å². The highest BCUT2D eigenvalue weighted by molar-refractivity contribution is 14.1. The van der Waals surface area contributed by atoms with Crippen LogP contribution in [0, 0.1) is 0 Å². The van der Waals surface area contributed by atoms with Gasteiger partial charge in [-0.25, -0.2) is 0 Å². The molecular weight excluding hydrogens is 224 g/mol. The first-order chi connectivity index (χ1) is 2.89. The van der Waals surface area contributed by atoms with Gasteiger partial charge in [-0.1, -0.05) is 22.6 Å². The molecule has 1 aliphatic rings. The number of hydrogen-bond donors (Lipinski definition) is 1. The molecule has 44 valence electrons. The summed E-state index contributed by atoms with van der Waals surface area (Å²) in [6, 6.07) is 0. The van der Waals surface area contributed by atoms with Crippen molar-refractivity contribution < 1.29 is 0 Å². The first-order valence-corrected chi connectivity index (χ1v) is 3.49. The van der Waals surface area contributed by atoms with Crippen LogP contribution in [-0.4, -0.2) is 17.0 Å². The minimum absolute atomic E-state index is 0. The van der Waals surface area contributed by atoms with E-state index < -0.39 is 0 Å². The van der Waals surface area contributed by atoms with Gasteiger partial charge >= 0.3 is 0 Å². The zero-order valence-corrected chi connectivity index (χ0v) is 6.96. The molecule has 1 saturated heterocycles. The Morgan fingerprint density at radius 3 is 2.43 bits per heavy atom. The second-order valence-corrected chi connectivity index (χ2v) is 3.35. The van der Waals surface area contributed by atoms with Gasteiger partial charge in [0.2, 0.25) is 0 Å². The third kappa shape index (κ3) is 2.72. The molecule has 1 nitrogen and oxygen atoms in total. The first-order valence-electron chi connectivity index (χ1n) is 2.24. The molecule has 0 aromatic rings. The third-order valence-electron chi connectivity index (χ3n) is 1.00. The summed E-state index contributed by atoms with van der Waals surface area (Å²) in [4.78, 5) is 0. The van der Waals surface area contributed by atoms with Crippen LogP contribution < -0.4 is 5.32 Å². The molecule has 1 N–H and O–H groups in total. The van der Waals surface area contributed by atoms with Gasteiger partial charge < -0.3 is 5.32 Å². The van der Waals surface area contributed by atoms with Crippen LogP contribution in [0.2, 0.25) is 0 Å². The van der Waals surface area contributed by atoms with Gasteiger partial charge in [-0.2, -0.15) is 0 Å². The summed E-state index contributed by atoms with van der Waals surface area (Å²) in [5.74, 6) is 0. The predicted octanol–water partition coefficient (Wildman–Crippen LogP) is 1.21. The van der Waals surface area contributed by atoms with Crippen molar-refractivity contribution >= 4 is 35.0 Å². The highest BCUT2D eigenvalue weighted by Crippen LogP contribution is 2.07. The fourth-order valence-corrected chi connectivity index (χ4v) is 1.24. The summed E-state index contributed by atoms with van der Waals surface area (Å²) in [5, 5.41) is 3.26. The van der Waals surface area contributed by atoms with Crippen LogP contribution in [0.25, 0.3) is 0 Å². The molecule has 0 aromatic heterocycles. The molecule has 0 amide bonds. The summed E-state index contributed by atoms with van der Waals surface area (Å²) in [7, 11) is 0. The minimum atomic E-state index is 0. The Balaban J connectivity index is 0.000000360. The second kappa shape index (κ2) is 3.92. The van der Waals surface area contributed by atoms with E-state index >= 15 is 0 Å². The van der Waals surface area contributed by atoms with Crippen LogP contribution in [0.15, 0.2) is 0 Å². The number of alkyl halides is 1. The van der Waals surface area contributed by atoms with E-state index in [0.29, 0.717) is 0 Å². The smallest absolute Gasteiger partial charge is 0.0246 e. The van der Waals surface area contributed by atoms with Crippen molar-refractivity contribution in [3.8, 4) is 0 Å². The quantitative estimate of drug-likeness (QED) is 0.490. The largest absolute Gasteiger partial charge is 0.316 e. The molecule has 0 spiro atoms. The predicted molar refractivity (Wildman–Crippen MR) is 42.5 cm³/mol. The third-order valence-corrected chi connectivity index (χ3v) is 2.06. The fraction of sp³-hybridized carbons (Fsp3) is 1.00. The van der Waals surface area contributed by atoms with Crippen molar-refractivity contribution in [3.63, 3.8) is 0 Å². The molecule has 1 heterocycles. The van der Waals surface area contributed by atoms with Gasteiger partial charge in [0.15, 0.2) is 0 Å². The Kier molecular flexibility index (Phi) is 4.47. The summed E-state index contributed by atoms with van der Waals surface area (Å²) in [6.07, 6.45) is 1.36. The molecule has 0 saturated carbocycles. The van der Waals surface area contributed by atoms with Gasteiger partial charge in [0, 0.05) is 10.5 Å². The Bertz CT molecular complexity index is 45.0. The maximum absolute atomic E-state index is 3.26. The maximum Gasteiger partial charge on any atom is 0.0246 e. The summed E-state index contributed by atoms with van der Waals surface area (Å²) >= 11 is 2.47. The minimum Gasteiger partial charge on any atom is -0.316 e. The highest BCUT2D eigenvalue weighted by atomic mass is 127. The van der Waals surface area contributed by atoms with Gasteiger partial charge in [0.05, 0.1) is 0 Å². The van der Waals surface area contributed by atoms with E-state index in [1.54, 1.807) is 0 Å². The molecule has 7 heavy (non-hydrogen) atoms. The molecule has 0 aliphatic carbocycles. The van der Waals surface area contributed by atoms with Crippen LogP contribution in [0.5, 0.6) is 0 Å². The number of rotatable bonds is 0. The lowest BCUT2D eigenvalue weighted by Gasteiger charge is -1.88. The molecule has 1 rings (SSSR count). The maximum atomic E-state index is 3.26. The highest BCUT2D eigenvalue weighted by Gasteiger charge is 2.07. The molecule has 3 heteroatoms. The Morgan fingerprint density at radius 1 is 1.57 bits per heavy atom. The van der Waals surface area contributed by atoms with Crippen LogP contribution in [0.1, 0.15) is 6.42 Å². The molecule has 1 fully saturated rings. The van der Waals surface area contributed by atoms with Gasteiger partial charge in [-0.3, -0.25) is 0 Å². The molecule has 0 unspecified atom stereocenters. The van der Waals surface area contributed by atoms with Crippen molar-refractivity contribution in [1.29, 1.82) is 0 Å². The topological polar surface area (TPSA) is 12.0 Å². The number of nitrogens with one attached hydrogen (secondary N) is 1. The average Bonchev–Trinajstić information content (AvgIpc) is 1.86. The molecular formula is C4H9ClIN. The van der Waals surface area contributed by atoms with Crippen molar-refractivity contribution in [1.82, 2.24) is 5.32 Å². The summed E-state index contributed by atoms with van der Waals surface area (Å²) in [6.45, 7) is 2.45. The summed E-state index contributed by atoms with van der Waals surface area (Å²) < 4.78 is 0.905. The second-order valence-electron chi connectivity index (χ2n) is 1.59. The zero-order valence-electron chi connectivity index (χ0n) is 3.98. The fourth-order valence-electron chi connectivity index (χ4n) is 0.619. The van der Waals surface area contributed by atoms with Crippen molar-refractivity contribution in [3.05, 3.63) is 0 Å².